The zero-order chi connectivity index (χ0) is 25.2. The minimum Gasteiger partial charge on any atom is -0.376 e. The van der Waals surface area contributed by atoms with Gasteiger partial charge in [0.25, 0.3) is 11.5 Å². The quantitative estimate of drug-likeness (QED) is 0.576. The number of rotatable bonds is 6. The van der Waals surface area contributed by atoms with Crippen molar-refractivity contribution < 1.29 is 22.7 Å². The van der Waals surface area contributed by atoms with Crippen molar-refractivity contribution >= 4 is 5.91 Å². The molecule has 0 aliphatic carbocycles. The third-order valence-corrected chi connectivity index (χ3v) is 5.69. The highest BCUT2D eigenvalue weighted by Crippen LogP contribution is 2.29. The second kappa shape index (κ2) is 9.87. The summed E-state index contributed by atoms with van der Waals surface area (Å²) in [4.78, 5) is 39.1. The van der Waals surface area contributed by atoms with E-state index in [4.69, 9.17) is 4.74 Å². The summed E-state index contributed by atoms with van der Waals surface area (Å²) in [6, 6.07) is 10.8. The Hall–Kier alpha value is -3.73. The van der Waals surface area contributed by atoms with Crippen molar-refractivity contribution in [3.05, 3.63) is 91.8 Å². The molecule has 2 aromatic carbocycles. The third-order valence-electron chi connectivity index (χ3n) is 5.69. The fourth-order valence-corrected chi connectivity index (χ4v) is 3.73. The SMILES string of the molecule is Cc1ccc(-n2nc(C(=O)NC[C@@H]3CCCO3)c(=O)n(Cc3ccc(C(F)(F)F)cc3)c2=O)cc1. The third kappa shape index (κ3) is 5.51. The van der Waals surface area contributed by atoms with E-state index in [1.54, 1.807) is 24.3 Å². The maximum Gasteiger partial charge on any atom is 0.416 e. The fourth-order valence-electron chi connectivity index (χ4n) is 3.73. The van der Waals surface area contributed by atoms with E-state index in [2.05, 4.69) is 10.4 Å². The molecule has 0 spiro atoms. The Morgan fingerprint density at radius 2 is 1.80 bits per heavy atom. The van der Waals surface area contributed by atoms with Gasteiger partial charge in [0.05, 0.1) is 23.9 Å². The minimum atomic E-state index is -4.52. The maximum absolute atomic E-state index is 13.2. The number of aryl methyl sites for hydroxylation is 1. The van der Waals surface area contributed by atoms with Crippen molar-refractivity contribution in [2.75, 3.05) is 13.2 Å². The lowest BCUT2D eigenvalue weighted by molar-refractivity contribution is -0.137. The Balaban J connectivity index is 1.73. The predicted octanol–water partition coefficient (Wildman–Crippen LogP) is 2.68. The highest BCUT2D eigenvalue weighted by atomic mass is 19.4. The summed E-state index contributed by atoms with van der Waals surface area (Å²) in [5.74, 6) is -0.771. The molecule has 1 aromatic heterocycles. The molecule has 1 amide bonds. The molecule has 1 fully saturated rings. The van der Waals surface area contributed by atoms with Crippen molar-refractivity contribution in [3.63, 3.8) is 0 Å². The molecule has 0 radical (unpaired) electrons. The number of amides is 1. The summed E-state index contributed by atoms with van der Waals surface area (Å²) in [5, 5.41) is 6.66. The summed E-state index contributed by atoms with van der Waals surface area (Å²) in [5.41, 5.74) is -1.59. The molecule has 0 saturated carbocycles. The molecular formula is C24H23F3N4O4. The summed E-state index contributed by atoms with van der Waals surface area (Å²) < 4.78 is 45.9. The van der Waals surface area contributed by atoms with Gasteiger partial charge in [0.1, 0.15) is 0 Å². The monoisotopic (exact) mass is 488 g/mol. The van der Waals surface area contributed by atoms with E-state index in [1.807, 2.05) is 6.92 Å². The van der Waals surface area contributed by atoms with Gasteiger partial charge in [-0.05, 0) is 49.6 Å². The molecule has 1 atom stereocenters. The first-order chi connectivity index (χ1) is 16.6. The van der Waals surface area contributed by atoms with E-state index in [0.717, 1.165) is 39.8 Å². The van der Waals surface area contributed by atoms with Crippen LogP contribution in [0.2, 0.25) is 0 Å². The molecule has 1 aliphatic rings. The Labute approximate surface area is 198 Å². The van der Waals surface area contributed by atoms with Gasteiger partial charge in [-0.2, -0.15) is 23.0 Å². The number of ether oxygens (including phenoxy) is 1. The van der Waals surface area contributed by atoms with Gasteiger partial charge in [0, 0.05) is 13.2 Å². The van der Waals surface area contributed by atoms with Crippen LogP contribution in [0.3, 0.4) is 0 Å². The second-order valence-electron chi connectivity index (χ2n) is 8.31. The minimum absolute atomic E-state index is 0.170. The zero-order valence-corrected chi connectivity index (χ0v) is 18.8. The molecule has 35 heavy (non-hydrogen) atoms. The van der Waals surface area contributed by atoms with E-state index < -0.39 is 34.6 Å². The summed E-state index contributed by atoms with van der Waals surface area (Å²) in [6.07, 6.45) is -3.04. The average molecular weight is 488 g/mol. The van der Waals surface area contributed by atoms with E-state index >= 15 is 0 Å². The van der Waals surface area contributed by atoms with Gasteiger partial charge in [-0.15, -0.1) is 0 Å². The Bertz CT molecular complexity index is 1320. The first-order valence-corrected chi connectivity index (χ1v) is 11.0. The second-order valence-corrected chi connectivity index (χ2v) is 8.31. The highest BCUT2D eigenvalue weighted by Gasteiger charge is 2.30. The molecule has 8 nitrogen and oxygen atoms in total. The maximum atomic E-state index is 13.2. The van der Waals surface area contributed by atoms with E-state index in [-0.39, 0.29) is 24.8 Å². The number of halogens is 3. The first-order valence-electron chi connectivity index (χ1n) is 11.0. The smallest absolute Gasteiger partial charge is 0.376 e. The van der Waals surface area contributed by atoms with Gasteiger partial charge >= 0.3 is 11.9 Å². The van der Waals surface area contributed by atoms with Gasteiger partial charge in [0.2, 0.25) is 5.69 Å². The van der Waals surface area contributed by atoms with Crippen LogP contribution in [-0.4, -0.2) is 39.5 Å². The van der Waals surface area contributed by atoms with Gasteiger partial charge in [-0.1, -0.05) is 29.8 Å². The Kier molecular flexibility index (Phi) is 6.88. The number of benzene rings is 2. The number of alkyl halides is 3. The van der Waals surface area contributed by atoms with Crippen LogP contribution in [-0.2, 0) is 17.5 Å². The van der Waals surface area contributed by atoms with E-state index in [9.17, 15) is 27.6 Å². The Morgan fingerprint density at radius 1 is 1.11 bits per heavy atom. The van der Waals surface area contributed by atoms with Crippen LogP contribution in [0.25, 0.3) is 5.69 Å². The molecule has 1 aliphatic heterocycles. The molecule has 11 heteroatoms. The highest BCUT2D eigenvalue weighted by molar-refractivity contribution is 5.91. The summed E-state index contributed by atoms with van der Waals surface area (Å²) in [6.45, 7) is 2.30. The van der Waals surface area contributed by atoms with Crippen molar-refractivity contribution in [3.8, 4) is 5.69 Å². The van der Waals surface area contributed by atoms with Crippen molar-refractivity contribution in [1.29, 1.82) is 0 Å². The van der Waals surface area contributed by atoms with Crippen LogP contribution in [0, 0.1) is 6.92 Å². The van der Waals surface area contributed by atoms with Gasteiger partial charge in [-0.25, -0.2) is 4.79 Å². The number of nitrogens with zero attached hydrogens (tertiary/aromatic N) is 3. The van der Waals surface area contributed by atoms with Gasteiger partial charge in [-0.3, -0.25) is 14.2 Å². The predicted molar refractivity (Wildman–Crippen MR) is 121 cm³/mol. The number of carbonyl (C=O) groups is 1. The van der Waals surface area contributed by atoms with Crippen molar-refractivity contribution in [2.24, 2.45) is 0 Å². The lowest BCUT2D eigenvalue weighted by Gasteiger charge is -2.14. The molecule has 4 rings (SSSR count). The lowest BCUT2D eigenvalue weighted by Crippen LogP contribution is -2.46. The van der Waals surface area contributed by atoms with Crippen molar-refractivity contribution in [2.45, 2.75) is 38.6 Å². The zero-order valence-electron chi connectivity index (χ0n) is 18.8. The first kappa shape index (κ1) is 24.4. The van der Waals surface area contributed by atoms with Crippen LogP contribution in [0.1, 0.15) is 40.0 Å². The summed E-state index contributed by atoms with van der Waals surface area (Å²) in [7, 11) is 0. The van der Waals surface area contributed by atoms with Crippen LogP contribution >= 0.6 is 0 Å². The average Bonchev–Trinajstić information content (AvgIpc) is 3.35. The Morgan fingerprint density at radius 3 is 2.40 bits per heavy atom. The normalized spacial score (nSPS) is 15.8. The van der Waals surface area contributed by atoms with Crippen LogP contribution in [0.4, 0.5) is 13.2 Å². The van der Waals surface area contributed by atoms with Gasteiger partial charge < -0.3 is 10.1 Å². The molecule has 1 saturated heterocycles. The number of aromatic nitrogens is 3. The van der Waals surface area contributed by atoms with Crippen LogP contribution in [0.5, 0.6) is 0 Å². The standard InChI is InChI=1S/C24H23F3N4O4/c1-15-4-10-18(11-5-15)31-23(34)30(14-16-6-8-17(9-7-16)24(25,26)27)22(33)20(29-31)21(32)28-13-19-3-2-12-35-19/h4-11,19H,2-3,12-14H2,1H3,(H,28,32)/t19-/m0/s1. The molecule has 184 valence electrons. The molecule has 2 heterocycles. The van der Waals surface area contributed by atoms with Crippen molar-refractivity contribution in [1.82, 2.24) is 19.7 Å². The molecule has 0 bridgehead atoms. The molecular weight excluding hydrogens is 465 g/mol. The molecule has 0 unspecified atom stereocenters. The topological polar surface area (TPSA) is 95.2 Å². The number of hydrogen-bond acceptors (Lipinski definition) is 5. The molecule has 3 aromatic rings. The lowest BCUT2D eigenvalue weighted by atomic mass is 10.1. The molecule has 1 N–H and O–H groups in total. The number of nitrogens with one attached hydrogen (secondary N) is 1. The number of carbonyl (C=O) groups excluding carboxylic acids is 1. The van der Waals surface area contributed by atoms with Crippen LogP contribution < -0.4 is 16.6 Å². The number of hydrogen-bond donors (Lipinski definition) is 1. The summed E-state index contributed by atoms with van der Waals surface area (Å²) >= 11 is 0. The van der Waals surface area contributed by atoms with Gasteiger partial charge in [0.15, 0.2) is 0 Å². The van der Waals surface area contributed by atoms with E-state index in [1.165, 1.54) is 12.1 Å². The largest absolute Gasteiger partial charge is 0.416 e. The fraction of sp³-hybridized carbons (Fsp3) is 0.333. The van der Waals surface area contributed by atoms with Crippen LogP contribution in [0.15, 0.2) is 58.1 Å². The van der Waals surface area contributed by atoms with E-state index in [0.29, 0.717) is 12.3 Å².